The van der Waals surface area contributed by atoms with Gasteiger partial charge in [0.05, 0.1) is 5.30 Å². The van der Waals surface area contributed by atoms with Crippen molar-refractivity contribution in [3.8, 4) is 0 Å². The molecule has 0 spiro atoms. The Balaban J connectivity index is 2.34. The number of hydrogen-bond donors (Lipinski definition) is 1. The van der Waals surface area contributed by atoms with E-state index < -0.39 is 7.29 Å². The van der Waals surface area contributed by atoms with Crippen LogP contribution >= 0.6 is 7.29 Å². The van der Waals surface area contributed by atoms with Crippen molar-refractivity contribution >= 4 is 23.5 Å². The van der Waals surface area contributed by atoms with Gasteiger partial charge in [0.2, 0.25) is 0 Å². The summed E-state index contributed by atoms with van der Waals surface area (Å²) in [6.07, 6.45) is 6.41. The second kappa shape index (κ2) is 7.29. The van der Waals surface area contributed by atoms with E-state index in [1.165, 1.54) is 0 Å². The second-order valence-corrected chi connectivity index (χ2v) is 8.57. The Kier molecular flexibility index (Phi) is 5.66. The van der Waals surface area contributed by atoms with Gasteiger partial charge >= 0.3 is 0 Å². The highest BCUT2D eigenvalue weighted by molar-refractivity contribution is 7.69. The Morgan fingerprint density at radius 2 is 1.71 bits per heavy atom. The van der Waals surface area contributed by atoms with Gasteiger partial charge in [0, 0.05) is 36.9 Å². The number of unbranched alkanes of at least 4 members (excludes halogenated alkanes) is 2. The average Bonchev–Trinajstić information content (AvgIpc) is 2.91. The van der Waals surface area contributed by atoms with E-state index in [1.54, 1.807) is 0 Å². The number of rotatable bonds is 8. The number of fused-ring (bicyclic) bond motifs is 1. The van der Waals surface area contributed by atoms with Crippen LogP contribution in [-0.4, -0.2) is 29.4 Å². The van der Waals surface area contributed by atoms with E-state index >= 15 is 0 Å². The molecule has 4 heteroatoms. The lowest BCUT2D eigenvalue weighted by Gasteiger charge is -2.29. The first kappa shape index (κ1) is 16.3. The van der Waals surface area contributed by atoms with Gasteiger partial charge < -0.3 is 9.55 Å². The summed E-state index contributed by atoms with van der Waals surface area (Å²) in [6, 6.07) is 8.13. The highest BCUT2D eigenvalue weighted by Crippen LogP contribution is 2.46. The molecule has 1 heterocycles. The number of hydrogen-bond acceptors (Lipinski definition) is 1. The Hall–Kier alpha value is -1.05. The molecule has 1 N–H and O–H groups in total. The van der Waals surface area contributed by atoms with Gasteiger partial charge in [-0.3, -0.25) is 0 Å². The molecule has 0 aliphatic carbocycles. The number of H-pyrrole nitrogens is 1. The molecule has 1 unspecified atom stereocenters. The third-order valence-electron chi connectivity index (χ3n) is 4.09. The van der Waals surface area contributed by atoms with Crippen LogP contribution in [0.25, 0.3) is 10.9 Å². The van der Waals surface area contributed by atoms with Gasteiger partial charge in [-0.2, -0.15) is 0 Å². The molecule has 1 aromatic heterocycles. The zero-order valence-electron chi connectivity index (χ0n) is 13.4. The quantitative estimate of drug-likeness (QED) is 0.723. The summed E-state index contributed by atoms with van der Waals surface area (Å²) >= 11 is 0. The summed E-state index contributed by atoms with van der Waals surface area (Å²) in [4.78, 5) is 3.26. The zero-order valence-corrected chi connectivity index (χ0v) is 14.3. The van der Waals surface area contributed by atoms with Crippen LogP contribution in [0.2, 0.25) is 0 Å². The van der Waals surface area contributed by atoms with E-state index in [0.717, 1.165) is 55.0 Å². The number of nitrogens with zero attached hydrogens (tertiary/aromatic N) is 1. The van der Waals surface area contributed by atoms with Crippen molar-refractivity contribution in [2.75, 3.05) is 19.8 Å². The lowest BCUT2D eigenvalue weighted by Crippen LogP contribution is -2.27. The van der Waals surface area contributed by atoms with E-state index in [1.807, 2.05) is 31.1 Å². The number of benzene rings is 1. The summed E-state index contributed by atoms with van der Waals surface area (Å²) in [6.45, 7) is 8.13. The maximum atomic E-state index is 13.5. The predicted octanol–water partition coefficient (Wildman–Crippen LogP) is 4.60. The molecule has 0 fully saturated rings. The predicted molar refractivity (Wildman–Crippen MR) is 92.9 cm³/mol. The number of para-hydroxylation sites is 1. The zero-order chi connectivity index (χ0) is 15.3. The minimum absolute atomic E-state index is 0.920. The highest BCUT2D eigenvalue weighted by Gasteiger charge is 2.28. The SMILES string of the molecule is CCCCN(CCCC)P(C)(=O)c1c[nH]c2ccccc12. The monoisotopic (exact) mass is 306 g/mol. The van der Waals surface area contributed by atoms with E-state index in [4.69, 9.17) is 0 Å². The minimum atomic E-state index is -2.51. The summed E-state index contributed by atoms with van der Waals surface area (Å²) < 4.78 is 15.7. The van der Waals surface area contributed by atoms with Crippen LogP contribution in [0.1, 0.15) is 39.5 Å². The highest BCUT2D eigenvalue weighted by atomic mass is 31.2. The molecule has 0 bridgehead atoms. The molecular formula is C17H27N2OP. The first-order valence-electron chi connectivity index (χ1n) is 8.00. The van der Waals surface area contributed by atoms with Crippen LogP contribution in [0.5, 0.6) is 0 Å². The Morgan fingerprint density at radius 1 is 1.10 bits per heavy atom. The van der Waals surface area contributed by atoms with Crippen molar-refractivity contribution in [1.82, 2.24) is 9.65 Å². The van der Waals surface area contributed by atoms with Crippen molar-refractivity contribution in [1.29, 1.82) is 0 Å². The number of aromatic nitrogens is 1. The number of nitrogens with one attached hydrogen (secondary N) is 1. The van der Waals surface area contributed by atoms with Crippen LogP contribution in [-0.2, 0) is 4.57 Å². The summed E-state index contributed by atoms with van der Waals surface area (Å²) in [5.74, 6) is 0. The Bertz CT molecular complexity index is 612. The lowest BCUT2D eigenvalue weighted by atomic mass is 10.2. The van der Waals surface area contributed by atoms with Crippen molar-refractivity contribution in [3.05, 3.63) is 30.5 Å². The average molecular weight is 306 g/mol. The van der Waals surface area contributed by atoms with Gasteiger partial charge in [0.15, 0.2) is 7.29 Å². The Labute approximate surface area is 128 Å². The summed E-state index contributed by atoms with van der Waals surface area (Å²) in [5, 5.41) is 2.08. The molecular weight excluding hydrogens is 279 g/mol. The second-order valence-electron chi connectivity index (χ2n) is 5.76. The summed E-state index contributed by atoms with van der Waals surface area (Å²) in [5.41, 5.74) is 1.07. The van der Waals surface area contributed by atoms with Gasteiger partial charge in [0.25, 0.3) is 0 Å². The fourth-order valence-electron chi connectivity index (χ4n) is 2.73. The molecule has 2 rings (SSSR count). The van der Waals surface area contributed by atoms with Crippen molar-refractivity contribution in [2.45, 2.75) is 39.5 Å². The molecule has 0 aliphatic heterocycles. The molecule has 1 aromatic carbocycles. The molecule has 116 valence electrons. The first-order chi connectivity index (χ1) is 10.1. The van der Waals surface area contributed by atoms with Crippen molar-refractivity contribution < 1.29 is 4.57 Å². The lowest BCUT2D eigenvalue weighted by molar-refractivity contribution is 0.402. The third kappa shape index (κ3) is 3.59. The van der Waals surface area contributed by atoms with Gasteiger partial charge in [-0.05, 0) is 18.9 Å². The molecule has 0 amide bonds. The fourth-order valence-corrected chi connectivity index (χ4v) is 5.02. The third-order valence-corrected chi connectivity index (χ3v) is 6.84. The van der Waals surface area contributed by atoms with Gasteiger partial charge in [0.1, 0.15) is 0 Å². The van der Waals surface area contributed by atoms with E-state index in [2.05, 4.69) is 29.6 Å². The van der Waals surface area contributed by atoms with Crippen LogP contribution in [0.3, 0.4) is 0 Å². The molecule has 0 aliphatic rings. The van der Waals surface area contributed by atoms with Crippen molar-refractivity contribution in [3.63, 3.8) is 0 Å². The van der Waals surface area contributed by atoms with E-state index in [-0.39, 0.29) is 0 Å². The number of aromatic amines is 1. The first-order valence-corrected chi connectivity index (χ1v) is 10.1. The van der Waals surface area contributed by atoms with Crippen LogP contribution in [0, 0.1) is 0 Å². The normalized spacial score (nSPS) is 14.7. The largest absolute Gasteiger partial charge is 0.360 e. The standard InChI is InChI=1S/C17H27N2OP/c1-4-6-12-19(13-7-5-2)21(3,20)17-14-18-16-11-9-8-10-15(16)17/h8-11,14,18H,4-7,12-13H2,1-3H3. The van der Waals surface area contributed by atoms with Crippen LogP contribution in [0.15, 0.2) is 30.5 Å². The van der Waals surface area contributed by atoms with Crippen molar-refractivity contribution in [2.24, 2.45) is 0 Å². The Morgan fingerprint density at radius 3 is 2.33 bits per heavy atom. The fraction of sp³-hybridized carbons (Fsp3) is 0.529. The van der Waals surface area contributed by atoms with Crippen LogP contribution < -0.4 is 5.30 Å². The molecule has 21 heavy (non-hydrogen) atoms. The molecule has 2 aromatic rings. The maximum Gasteiger partial charge on any atom is 0.177 e. The topological polar surface area (TPSA) is 36.1 Å². The molecule has 0 radical (unpaired) electrons. The maximum absolute atomic E-state index is 13.5. The van der Waals surface area contributed by atoms with Gasteiger partial charge in [-0.1, -0.05) is 44.9 Å². The molecule has 3 nitrogen and oxygen atoms in total. The van der Waals surface area contributed by atoms with Gasteiger partial charge in [-0.25, -0.2) is 4.67 Å². The molecule has 0 saturated heterocycles. The smallest absolute Gasteiger partial charge is 0.177 e. The molecule has 1 atom stereocenters. The minimum Gasteiger partial charge on any atom is -0.360 e. The summed E-state index contributed by atoms with van der Waals surface area (Å²) in [7, 11) is -2.51. The van der Waals surface area contributed by atoms with Gasteiger partial charge in [-0.15, -0.1) is 0 Å². The van der Waals surface area contributed by atoms with E-state index in [0.29, 0.717) is 0 Å². The van der Waals surface area contributed by atoms with E-state index in [9.17, 15) is 4.57 Å². The molecule has 0 saturated carbocycles. The van der Waals surface area contributed by atoms with Crippen LogP contribution in [0.4, 0.5) is 0 Å².